The van der Waals surface area contributed by atoms with Gasteiger partial charge in [0.25, 0.3) is 0 Å². The zero-order valence-corrected chi connectivity index (χ0v) is 8.81. The van der Waals surface area contributed by atoms with Crippen LogP contribution in [0.2, 0.25) is 0 Å². The van der Waals surface area contributed by atoms with Crippen LogP contribution in [0.15, 0.2) is 35.4 Å². The second-order valence-electron chi connectivity index (χ2n) is 3.21. The summed E-state index contributed by atoms with van der Waals surface area (Å²) in [4.78, 5) is 3.95. The van der Waals surface area contributed by atoms with Crippen molar-refractivity contribution in [3.8, 4) is 0 Å². The molecule has 2 rings (SSSR count). The van der Waals surface area contributed by atoms with Crippen LogP contribution in [0.25, 0.3) is 0 Å². The Bertz CT molecular complexity index is 469. The molecule has 2 heterocycles. The molecule has 0 atom stereocenters. The van der Waals surface area contributed by atoms with Gasteiger partial charge in [0.15, 0.2) is 0 Å². The molecule has 4 nitrogen and oxygen atoms in total. The van der Waals surface area contributed by atoms with E-state index >= 15 is 0 Å². The van der Waals surface area contributed by atoms with Gasteiger partial charge in [-0.2, -0.15) is 4.31 Å². The highest BCUT2D eigenvalue weighted by Crippen LogP contribution is 2.16. The van der Waals surface area contributed by atoms with Gasteiger partial charge in [0.1, 0.15) is 4.90 Å². The largest absolute Gasteiger partial charge is 0.260 e. The van der Waals surface area contributed by atoms with E-state index in [1.807, 2.05) is 12.2 Å². The summed E-state index contributed by atoms with van der Waals surface area (Å²) in [5.74, 6) is 0. The molecule has 0 saturated carbocycles. The first-order valence-electron chi connectivity index (χ1n) is 4.47. The van der Waals surface area contributed by atoms with Crippen molar-refractivity contribution in [3.63, 3.8) is 0 Å². The molecule has 1 aliphatic rings. The lowest BCUT2D eigenvalue weighted by atomic mass is 10.4. The minimum absolute atomic E-state index is 0.181. The minimum Gasteiger partial charge on any atom is -0.260 e. The van der Waals surface area contributed by atoms with E-state index in [9.17, 15) is 8.42 Å². The van der Waals surface area contributed by atoms with Gasteiger partial charge in [-0.1, -0.05) is 12.2 Å². The fraction of sp³-hybridized carbons (Fsp3) is 0.200. The Morgan fingerprint density at radius 2 is 1.93 bits per heavy atom. The fourth-order valence-electron chi connectivity index (χ4n) is 1.35. The standard InChI is InChI=1S/C10H10N2O2S/c1-9-4-5-10(8-11-9)15(13,14)12-6-2-3-7-12/h1-5,8H,6-7H2. The Hall–Kier alpha value is -1.20. The van der Waals surface area contributed by atoms with Crippen LogP contribution in [0, 0.1) is 6.92 Å². The van der Waals surface area contributed by atoms with Crippen molar-refractivity contribution in [2.24, 2.45) is 0 Å². The highest BCUT2D eigenvalue weighted by atomic mass is 32.2. The first-order chi connectivity index (χ1) is 7.10. The summed E-state index contributed by atoms with van der Waals surface area (Å²) < 4.78 is 25.3. The molecule has 0 aliphatic carbocycles. The average Bonchev–Trinajstić information content (AvgIpc) is 2.71. The molecule has 0 saturated heterocycles. The zero-order valence-electron chi connectivity index (χ0n) is 8.00. The maximum absolute atomic E-state index is 12.0. The van der Waals surface area contributed by atoms with E-state index in [4.69, 9.17) is 6.92 Å². The Balaban J connectivity index is 2.33. The molecule has 0 aromatic carbocycles. The Kier molecular flexibility index (Phi) is 2.58. The van der Waals surface area contributed by atoms with Gasteiger partial charge >= 0.3 is 0 Å². The molecule has 1 aromatic rings. The fourth-order valence-corrected chi connectivity index (χ4v) is 2.64. The molecular weight excluding hydrogens is 212 g/mol. The van der Waals surface area contributed by atoms with Crippen LogP contribution in [-0.4, -0.2) is 30.8 Å². The molecule has 15 heavy (non-hydrogen) atoms. The van der Waals surface area contributed by atoms with E-state index in [0.717, 1.165) is 0 Å². The van der Waals surface area contributed by atoms with Crippen molar-refractivity contribution in [3.05, 3.63) is 43.1 Å². The maximum Gasteiger partial charge on any atom is 0.245 e. The quantitative estimate of drug-likeness (QED) is 0.692. The lowest BCUT2D eigenvalue weighted by Crippen LogP contribution is -2.28. The second kappa shape index (κ2) is 3.75. The van der Waals surface area contributed by atoms with Crippen LogP contribution >= 0.6 is 0 Å². The number of nitrogens with zero attached hydrogens (tertiary/aromatic N) is 2. The molecule has 1 aromatic heterocycles. The minimum atomic E-state index is -3.40. The molecule has 2 radical (unpaired) electrons. The Labute approximate surface area is 89.3 Å². The summed E-state index contributed by atoms with van der Waals surface area (Å²) in [6, 6.07) is 2.95. The first kappa shape index (κ1) is 10.3. The summed E-state index contributed by atoms with van der Waals surface area (Å²) in [6.07, 6.45) is 4.92. The van der Waals surface area contributed by atoms with Crippen LogP contribution in [0.5, 0.6) is 0 Å². The summed E-state index contributed by atoms with van der Waals surface area (Å²) >= 11 is 0. The molecule has 0 amide bonds. The van der Waals surface area contributed by atoms with Gasteiger partial charge in [-0.05, 0) is 12.1 Å². The van der Waals surface area contributed by atoms with Gasteiger partial charge in [-0.25, -0.2) is 8.42 Å². The number of hydrogen-bond donors (Lipinski definition) is 0. The predicted octanol–water partition coefficient (Wildman–Crippen LogP) is 0.701. The van der Waals surface area contributed by atoms with Crippen LogP contribution in [0.3, 0.4) is 0 Å². The topological polar surface area (TPSA) is 50.3 Å². The molecule has 78 valence electrons. The van der Waals surface area contributed by atoms with Crippen LogP contribution in [0.4, 0.5) is 0 Å². The molecule has 0 unspecified atom stereocenters. The predicted molar refractivity (Wildman–Crippen MR) is 55.5 cm³/mol. The number of sulfonamides is 1. The van der Waals surface area contributed by atoms with Crippen molar-refractivity contribution in [1.29, 1.82) is 0 Å². The lowest BCUT2D eigenvalue weighted by molar-refractivity contribution is 0.487. The number of pyridine rings is 1. The van der Waals surface area contributed by atoms with Crippen molar-refractivity contribution >= 4 is 10.0 Å². The van der Waals surface area contributed by atoms with E-state index in [2.05, 4.69) is 4.98 Å². The highest BCUT2D eigenvalue weighted by molar-refractivity contribution is 7.89. The molecule has 0 fully saturated rings. The van der Waals surface area contributed by atoms with Crippen molar-refractivity contribution < 1.29 is 8.42 Å². The number of rotatable bonds is 2. The van der Waals surface area contributed by atoms with Crippen LogP contribution in [0.1, 0.15) is 5.69 Å². The molecule has 0 N–H and O–H groups in total. The van der Waals surface area contributed by atoms with Crippen LogP contribution < -0.4 is 0 Å². The summed E-state index contributed by atoms with van der Waals surface area (Å²) in [5.41, 5.74) is 0.313. The monoisotopic (exact) mass is 222 g/mol. The van der Waals surface area contributed by atoms with E-state index < -0.39 is 10.0 Å². The van der Waals surface area contributed by atoms with Crippen LogP contribution in [-0.2, 0) is 10.0 Å². The summed E-state index contributed by atoms with van der Waals surface area (Å²) in [7, 11) is -3.40. The van der Waals surface area contributed by atoms with Gasteiger partial charge in [0.2, 0.25) is 10.0 Å². The average molecular weight is 222 g/mol. The molecule has 1 aliphatic heterocycles. The van der Waals surface area contributed by atoms with Gasteiger partial charge in [-0.3, -0.25) is 4.98 Å². The van der Waals surface area contributed by atoms with Crippen molar-refractivity contribution in [2.75, 3.05) is 13.1 Å². The molecular formula is C10H10N2O2S. The second-order valence-corrected chi connectivity index (χ2v) is 5.15. The van der Waals surface area contributed by atoms with Gasteiger partial charge in [0.05, 0.1) is 0 Å². The number of hydrogen-bond acceptors (Lipinski definition) is 3. The van der Waals surface area contributed by atoms with Crippen molar-refractivity contribution in [1.82, 2.24) is 9.29 Å². The zero-order chi connectivity index (χ0) is 10.9. The normalized spacial score (nSPS) is 17.1. The molecule has 0 bridgehead atoms. The first-order valence-corrected chi connectivity index (χ1v) is 5.91. The van der Waals surface area contributed by atoms with E-state index in [-0.39, 0.29) is 4.90 Å². The third-order valence-corrected chi connectivity index (χ3v) is 4.00. The third kappa shape index (κ3) is 1.93. The Morgan fingerprint density at radius 1 is 1.27 bits per heavy atom. The highest BCUT2D eigenvalue weighted by Gasteiger charge is 2.24. The summed E-state index contributed by atoms with van der Waals surface area (Å²) in [5, 5.41) is 0. The van der Waals surface area contributed by atoms with E-state index in [1.54, 1.807) is 0 Å². The molecule has 0 spiro atoms. The molecule has 5 heteroatoms. The van der Waals surface area contributed by atoms with E-state index in [0.29, 0.717) is 18.8 Å². The smallest absolute Gasteiger partial charge is 0.245 e. The van der Waals surface area contributed by atoms with E-state index in [1.165, 1.54) is 22.6 Å². The van der Waals surface area contributed by atoms with Gasteiger partial charge < -0.3 is 0 Å². The lowest BCUT2D eigenvalue weighted by Gasteiger charge is -2.14. The van der Waals surface area contributed by atoms with Gasteiger partial charge in [-0.15, -0.1) is 0 Å². The van der Waals surface area contributed by atoms with Crippen molar-refractivity contribution in [2.45, 2.75) is 4.90 Å². The van der Waals surface area contributed by atoms with Gasteiger partial charge in [0, 0.05) is 31.9 Å². The Morgan fingerprint density at radius 3 is 2.47 bits per heavy atom. The summed E-state index contributed by atoms with van der Waals surface area (Å²) in [6.45, 7) is 6.24. The third-order valence-electron chi connectivity index (χ3n) is 2.18. The number of aromatic nitrogens is 1. The SMILES string of the molecule is [CH]c1ccc(S(=O)(=O)N2CC=CC2)cn1. The maximum atomic E-state index is 12.0.